The number of cyclic esters (lactones) is 1. The number of rotatable bonds is 8. The smallest absolute Gasteiger partial charge is 0.313 e. The predicted octanol–water partition coefficient (Wildman–Crippen LogP) is 4.36. The second kappa shape index (κ2) is 11.7. The lowest BCUT2D eigenvalue weighted by Crippen LogP contribution is -2.56. The number of allylic oxidation sites excluding steroid dienone is 1. The molecule has 1 spiro atoms. The van der Waals surface area contributed by atoms with Gasteiger partial charge in [0.05, 0.1) is 23.2 Å². The summed E-state index contributed by atoms with van der Waals surface area (Å²) in [6, 6.07) is 4.55. The van der Waals surface area contributed by atoms with Crippen molar-refractivity contribution in [2.24, 2.45) is 11.8 Å². The molecule has 0 aromatic heterocycles. The van der Waals surface area contributed by atoms with Gasteiger partial charge in [-0.05, 0) is 50.7 Å². The van der Waals surface area contributed by atoms with Gasteiger partial charge in [0, 0.05) is 19.7 Å². The van der Waals surface area contributed by atoms with Crippen molar-refractivity contribution in [3.63, 3.8) is 0 Å². The van der Waals surface area contributed by atoms with Gasteiger partial charge in [-0.3, -0.25) is 14.4 Å². The summed E-state index contributed by atoms with van der Waals surface area (Å²) in [5.41, 5.74) is -0.928. The van der Waals surface area contributed by atoms with Gasteiger partial charge in [-0.2, -0.15) is 0 Å². The first-order valence-corrected chi connectivity index (χ1v) is 14.9. The van der Waals surface area contributed by atoms with E-state index in [1.165, 1.54) is 0 Å². The minimum absolute atomic E-state index is 0.121. The Morgan fingerprint density at radius 3 is 2.60 bits per heavy atom. The van der Waals surface area contributed by atoms with Crippen LogP contribution >= 0.6 is 11.6 Å². The number of fused-ring (bicyclic) bond motifs is 2. The van der Waals surface area contributed by atoms with Gasteiger partial charge in [0.1, 0.15) is 23.2 Å². The zero-order valence-corrected chi connectivity index (χ0v) is 24.1. The van der Waals surface area contributed by atoms with Gasteiger partial charge < -0.3 is 24.4 Å². The third kappa shape index (κ3) is 4.68. The van der Waals surface area contributed by atoms with Crippen LogP contribution in [0.3, 0.4) is 0 Å². The number of anilines is 1. The number of aliphatic hydroxyl groups is 1. The largest absolute Gasteiger partial charge is 0.465 e. The topological polar surface area (TPSA) is 96.4 Å². The summed E-state index contributed by atoms with van der Waals surface area (Å²) in [6.07, 6.45) is 12.5. The number of benzene rings is 1. The number of carbonyl (C=O) groups is 3. The van der Waals surface area contributed by atoms with Crippen molar-refractivity contribution in [2.75, 3.05) is 31.2 Å². The molecule has 9 heteroatoms. The van der Waals surface area contributed by atoms with Crippen LogP contribution in [0.4, 0.5) is 5.69 Å². The Labute approximate surface area is 240 Å². The number of ether oxygens (including phenoxy) is 2. The van der Waals surface area contributed by atoms with Crippen molar-refractivity contribution in [2.45, 2.75) is 76.0 Å². The van der Waals surface area contributed by atoms with Crippen LogP contribution in [0.2, 0.25) is 5.02 Å². The highest BCUT2D eigenvalue weighted by atomic mass is 35.5. The summed E-state index contributed by atoms with van der Waals surface area (Å²) in [7, 11) is 0. The molecule has 5 rings (SSSR count). The first kappa shape index (κ1) is 28.8. The van der Waals surface area contributed by atoms with Crippen molar-refractivity contribution in [1.29, 1.82) is 0 Å². The average Bonchev–Trinajstić information content (AvgIpc) is 3.31. The maximum Gasteiger partial charge on any atom is 0.313 e. The second-order valence-electron chi connectivity index (χ2n) is 11.3. The zero-order valence-electron chi connectivity index (χ0n) is 23.3. The fourth-order valence-corrected chi connectivity index (χ4v) is 7.35. The summed E-state index contributed by atoms with van der Waals surface area (Å²) in [5.74, 6) is -2.74. The number of halogens is 1. The third-order valence-corrected chi connectivity index (χ3v) is 9.20. The van der Waals surface area contributed by atoms with Crippen molar-refractivity contribution in [1.82, 2.24) is 4.90 Å². The Morgan fingerprint density at radius 1 is 1.05 bits per heavy atom. The fraction of sp³-hybridized carbons (Fsp3) is 0.581. The van der Waals surface area contributed by atoms with Crippen molar-refractivity contribution in [3.05, 3.63) is 53.1 Å². The molecule has 4 aliphatic heterocycles. The zero-order chi connectivity index (χ0) is 28.5. The quantitative estimate of drug-likeness (QED) is 0.283. The number of aliphatic hydroxyl groups excluding tert-OH is 1. The van der Waals surface area contributed by atoms with E-state index in [2.05, 4.69) is 0 Å². The fourth-order valence-electron chi connectivity index (χ4n) is 7.03. The molecule has 2 fully saturated rings. The monoisotopic (exact) mass is 570 g/mol. The van der Waals surface area contributed by atoms with Crippen LogP contribution in [0.25, 0.3) is 0 Å². The number of nitrogens with zero attached hydrogens (tertiary/aromatic N) is 2. The first-order valence-electron chi connectivity index (χ1n) is 14.5. The lowest BCUT2D eigenvalue weighted by atomic mass is 9.73. The van der Waals surface area contributed by atoms with E-state index < -0.39 is 35.0 Å². The minimum Gasteiger partial charge on any atom is -0.465 e. The molecule has 0 radical (unpaired) electrons. The van der Waals surface area contributed by atoms with Crippen LogP contribution in [0, 0.1) is 18.8 Å². The Bertz CT molecular complexity index is 1200. The Balaban J connectivity index is 1.62. The minimum atomic E-state index is -1.33. The molecular formula is C31H39ClN2O6. The number of amides is 2. The summed E-state index contributed by atoms with van der Waals surface area (Å²) in [4.78, 5) is 45.9. The maximum atomic E-state index is 14.6. The van der Waals surface area contributed by atoms with Crippen LogP contribution in [0.15, 0.2) is 42.5 Å². The maximum absolute atomic E-state index is 14.6. The van der Waals surface area contributed by atoms with Crippen LogP contribution < -0.4 is 4.90 Å². The summed E-state index contributed by atoms with van der Waals surface area (Å²) in [5, 5.41) is 9.63. The number of unbranched alkanes of at least 4 members (excludes halogenated alkanes) is 3. The Morgan fingerprint density at radius 2 is 1.85 bits per heavy atom. The molecule has 1 aromatic rings. The normalized spacial score (nSPS) is 32.5. The summed E-state index contributed by atoms with van der Waals surface area (Å²) in [6.45, 7) is 4.86. The average molecular weight is 571 g/mol. The molecule has 5 atom stereocenters. The van der Waals surface area contributed by atoms with Crippen molar-refractivity contribution >= 4 is 35.1 Å². The summed E-state index contributed by atoms with van der Waals surface area (Å²) < 4.78 is 12.7. The van der Waals surface area contributed by atoms with E-state index in [-0.39, 0.29) is 31.6 Å². The number of carbonyl (C=O) groups excluding carboxylic acids is 3. The van der Waals surface area contributed by atoms with Gasteiger partial charge in [0.25, 0.3) is 5.91 Å². The van der Waals surface area contributed by atoms with Gasteiger partial charge in [-0.15, -0.1) is 0 Å². The van der Waals surface area contributed by atoms with Gasteiger partial charge in [0.2, 0.25) is 5.91 Å². The van der Waals surface area contributed by atoms with E-state index in [1.807, 2.05) is 50.3 Å². The van der Waals surface area contributed by atoms with Gasteiger partial charge in [-0.1, -0.05) is 67.8 Å². The van der Waals surface area contributed by atoms with Gasteiger partial charge in [-0.25, -0.2) is 0 Å². The molecule has 0 saturated carbocycles. The number of likely N-dealkylation sites (tertiary alicyclic amines) is 1. The number of esters is 1. The molecule has 216 valence electrons. The van der Waals surface area contributed by atoms with Gasteiger partial charge in [0.15, 0.2) is 0 Å². The molecule has 1 unspecified atom stereocenters. The number of aryl methyl sites for hydroxylation is 1. The Hall–Kier alpha value is -2.68. The predicted molar refractivity (Wildman–Crippen MR) is 152 cm³/mol. The molecule has 1 aromatic carbocycles. The lowest BCUT2D eigenvalue weighted by Gasteiger charge is -2.38. The molecule has 2 saturated heterocycles. The SMILES string of the molecule is CC[C@@]12/C=C\CCCOC(=O)[C@@H]1[C@H]1C(=O)N(CCCCCCO)C3C(=O)N(c4c(C)cccc4Cl)CC=C[C@@]31O2. The van der Waals surface area contributed by atoms with E-state index >= 15 is 0 Å². The summed E-state index contributed by atoms with van der Waals surface area (Å²) >= 11 is 6.63. The highest BCUT2D eigenvalue weighted by Gasteiger charge is 2.75. The number of hydrogen-bond donors (Lipinski definition) is 1. The molecule has 4 aliphatic rings. The molecule has 4 heterocycles. The molecule has 2 amide bonds. The van der Waals surface area contributed by atoms with E-state index in [0.717, 1.165) is 24.8 Å². The molecule has 40 heavy (non-hydrogen) atoms. The van der Waals surface area contributed by atoms with E-state index in [4.69, 9.17) is 21.1 Å². The molecule has 0 bridgehead atoms. The lowest BCUT2D eigenvalue weighted by molar-refractivity contribution is -0.159. The van der Waals surface area contributed by atoms with Gasteiger partial charge >= 0.3 is 5.97 Å². The molecular weight excluding hydrogens is 532 g/mol. The molecule has 0 aliphatic carbocycles. The molecule has 1 N–H and O–H groups in total. The van der Waals surface area contributed by atoms with E-state index in [9.17, 15) is 19.5 Å². The van der Waals surface area contributed by atoms with E-state index in [1.54, 1.807) is 15.9 Å². The second-order valence-corrected chi connectivity index (χ2v) is 11.7. The van der Waals surface area contributed by atoms with Crippen molar-refractivity contribution < 1.29 is 29.0 Å². The van der Waals surface area contributed by atoms with Crippen LogP contribution in [-0.4, -0.2) is 71.3 Å². The number of para-hydroxylation sites is 1. The first-order chi connectivity index (χ1) is 19.3. The highest BCUT2D eigenvalue weighted by Crippen LogP contribution is 2.58. The van der Waals surface area contributed by atoms with Crippen LogP contribution in [0.1, 0.15) is 57.4 Å². The van der Waals surface area contributed by atoms with Crippen LogP contribution in [-0.2, 0) is 23.9 Å². The van der Waals surface area contributed by atoms with E-state index in [0.29, 0.717) is 42.9 Å². The highest BCUT2D eigenvalue weighted by molar-refractivity contribution is 6.34. The molecule has 8 nitrogen and oxygen atoms in total. The standard InChI is InChI=1S/C31H39ClN2O6/c1-3-30-15-7-6-10-20-39-29(38)24(30)23-27(36)34(17-8-4-5-9-19-35)26-28(37)33(18-12-16-31(23,26)40-30)25-21(2)13-11-14-22(25)32/h7,11-16,23-24,26,35H,3-6,8-10,17-20H2,1-2H3/b15-7-/t23-,24-,26?,30+,31-/m0/s1. The van der Waals surface area contributed by atoms with Crippen molar-refractivity contribution in [3.8, 4) is 0 Å². The Kier molecular flexibility index (Phi) is 8.41. The number of hydrogen-bond acceptors (Lipinski definition) is 6. The van der Waals surface area contributed by atoms with Crippen LogP contribution in [0.5, 0.6) is 0 Å². The third-order valence-electron chi connectivity index (χ3n) is 8.90.